The molecule has 3 heteroatoms. The number of nitrogens with one attached hydrogen (secondary N) is 1. The molecule has 3 nitrogen and oxygen atoms in total. The van der Waals surface area contributed by atoms with Crippen molar-refractivity contribution in [2.24, 2.45) is 11.8 Å². The molecule has 0 rings (SSSR count). The first-order chi connectivity index (χ1) is 3.77. The van der Waals surface area contributed by atoms with Crippen LogP contribution in [-0.4, -0.2) is 13.3 Å². The van der Waals surface area contributed by atoms with Crippen LogP contribution in [0, 0.1) is 5.92 Å². The lowest BCUT2D eigenvalue weighted by Crippen LogP contribution is -2.25. The maximum absolute atomic E-state index is 5.01. The second kappa shape index (κ2) is 5.03. The van der Waals surface area contributed by atoms with E-state index in [4.69, 9.17) is 10.6 Å². The van der Waals surface area contributed by atoms with Crippen molar-refractivity contribution in [3.05, 3.63) is 0 Å². The van der Waals surface area contributed by atoms with Gasteiger partial charge < -0.3 is 4.74 Å². The Balaban J connectivity index is 2.72. The largest absolute Gasteiger partial charge is 0.365 e. The Morgan fingerprint density at radius 3 is 2.62 bits per heavy atom. The van der Waals surface area contributed by atoms with Gasteiger partial charge in [-0.25, -0.2) is 5.43 Å². The number of rotatable bonds is 4. The predicted octanol–water partition coefficient (Wildman–Crippen LogP) is 0.0798. The Kier molecular flexibility index (Phi) is 4.95. The molecule has 0 fully saturated rings. The number of hydrogen-bond donors (Lipinski definition) is 2. The van der Waals surface area contributed by atoms with E-state index in [0.717, 1.165) is 6.61 Å². The van der Waals surface area contributed by atoms with Gasteiger partial charge in [-0.2, -0.15) is 0 Å². The van der Waals surface area contributed by atoms with Crippen LogP contribution in [-0.2, 0) is 4.74 Å². The zero-order valence-corrected chi connectivity index (χ0v) is 5.48. The van der Waals surface area contributed by atoms with E-state index in [9.17, 15) is 0 Å². The van der Waals surface area contributed by atoms with Crippen LogP contribution in [0.15, 0.2) is 0 Å². The molecule has 50 valence electrons. The third kappa shape index (κ3) is 5.88. The molecule has 0 amide bonds. The highest BCUT2D eigenvalue weighted by Gasteiger charge is 1.89. The molecule has 3 N–H and O–H groups in total. The van der Waals surface area contributed by atoms with E-state index in [1.807, 2.05) is 0 Å². The SMILES string of the molecule is CC(C)COCNN. The summed E-state index contributed by atoms with van der Waals surface area (Å²) in [4.78, 5) is 0. The first-order valence-corrected chi connectivity index (χ1v) is 2.78. The van der Waals surface area contributed by atoms with Gasteiger partial charge in [0.25, 0.3) is 0 Å². The van der Waals surface area contributed by atoms with Crippen LogP contribution < -0.4 is 11.3 Å². The fourth-order valence-corrected chi connectivity index (χ4v) is 0.354. The zero-order valence-electron chi connectivity index (χ0n) is 5.48. The predicted molar refractivity (Wildman–Crippen MR) is 33.0 cm³/mol. The van der Waals surface area contributed by atoms with E-state index in [2.05, 4.69) is 19.3 Å². The zero-order chi connectivity index (χ0) is 6.41. The normalized spacial score (nSPS) is 10.5. The van der Waals surface area contributed by atoms with Crippen molar-refractivity contribution in [1.82, 2.24) is 5.43 Å². The van der Waals surface area contributed by atoms with E-state index in [1.54, 1.807) is 0 Å². The van der Waals surface area contributed by atoms with E-state index in [0.29, 0.717) is 12.6 Å². The van der Waals surface area contributed by atoms with Crippen LogP contribution >= 0.6 is 0 Å². The van der Waals surface area contributed by atoms with Gasteiger partial charge in [0.15, 0.2) is 0 Å². The van der Waals surface area contributed by atoms with Gasteiger partial charge in [-0.1, -0.05) is 13.8 Å². The molecule has 0 heterocycles. The third-order valence-electron chi connectivity index (χ3n) is 0.637. The van der Waals surface area contributed by atoms with Crippen LogP contribution in [0.2, 0.25) is 0 Å². The summed E-state index contributed by atoms with van der Waals surface area (Å²) in [6, 6.07) is 0. The first-order valence-electron chi connectivity index (χ1n) is 2.78. The standard InChI is InChI=1S/C5H14N2O/c1-5(2)3-8-4-7-6/h5,7H,3-4,6H2,1-2H3. The Bertz CT molecular complexity index is 47.7. The van der Waals surface area contributed by atoms with Crippen molar-refractivity contribution < 1.29 is 4.74 Å². The van der Waals surface area contributed by atoms with E-state index < -0.39 is 0 Å². The molecule has 0 saturated carbocycles. The Morgan fingerprint density at radius 2 is 2.25 bits per heavy atom. The van der Waals surface area contributed by atoms with Crippen molar-refractivity contribution in [3.63, 3.8) is 0 Å². The van der Waals surface area contributed by atoms with Crippen LogP contribution in [0.25, 0.3) is 0 Å². The lowest BCUT2D eigenvalue weighted by Gasteiger charge is -2.03. The Morgan fingerprint density at radius 1 is 1.62 bits per heavy atom. The molecule has 0 aliphatic carbocycles. The van der Waals surface area contributed by atoms with Crippen LogP contribution in [0.1, 0.15) is 13.8 Å². The summed E-state index contributed by atoms with van der Waals surface area (Å²) in [5.41, 5.74) is 2.40. The van der Waals surface area contributed by atoms with Gasteiger partial charge >= 0.3 is 0 Å². The molecular formula is C5H14N2O. The van der Waals surface area contributed by atoms with Gasteiger partial charge in [0.1, 0.15) is 6.73 Å². The fraction of sp³-hybridized carbons (Fsp3) is 1.00. The van der Waals surface area contributed by atoms with Gasteiger partial charge in [0, 0.05) is 0 Å². The summed E-state index contributed by atoms with van der Waals surface area (Å²) in [6.07, 6.45) is 0. The van der Waals surface area contributed by atoms with Gasteiger partial charge in [-0.15, -0.1) is 0 Å². The average Bonchev–Trinajstić information content (AvgIpc) is 1.66. The molecule has 0 aromatic heterocycles. The van der Waals surface area contributed by atoms with Crippen molar-refractivity contribution in [2.45, 2.75) is 13.8 Å². The van der Waals surface area contributed by atoms with Crippen LogP contribution in [0.4, 0.5) is 0 Å². The average molecular weight is 118 g/mol. The molecular weight excluding hydrogens is 104 g/mol. The smallest absolute Gasteiger partial charge is 0.109 e. The molecule has 0 spiro atoms. The number of nitrogens with two attached hydrogens (primary N) is 1. The van der Waals surface area contributed by atoms with Gasteiger partial charge in [0.2, 0.25) is 0 Å². The van der Waals surface area contributed by atoms with E-state index >= 15 is 0 Å². The molecule has 0 aliphatic rings. The lowest BCUT2D eigenvalue weighted by molar-refractivity contribution is 0.0947. The number of hydrazine groups is 1. The third-order valence-corrected chi connectivity index (χ3v) is 0.637. The molecule has 0 bridgehead atoms. The molecule has 0 aliphatic heterocycles. The topological polar surface area (TPSA) is 47.3 Å². The van der Waals surface area contributed by atoms with Gasteiger partial charge in [-0.05, 0) is 5.92 Å². The first kappa shape index (κ1) is 7.88. The molecule has 0 unspecified atom stereocenters. The summed E-state index contributed by atoms with van der Waals surface area (Å²) in [5.74, 6) is 5.53. The summed E-state index contributed by atoms with van der Waals surface area (Å²) in [5, 5.41) is 0. The summed E-state index contributed by atoms with van der Waals surface area (Å²) in [6.45, 7) is 5.40. The van der Waals surface area contributed by atoms with Crippen LogP contribution in [0.5, 0.6) is 0 Å². The van der Waals surface area contributed by atoms with Crippen molar-refractivity contribution >= 4 is 0 Å². The summed E-state index contributed by atoms with van der Waals surface area (Å²) >= 11 is 0. The summed E-state index contributed by atoms with van der Waals surface area (Å²) in [7, 11) is 0. The maximum atomic E-state index is 5.01. The number of ether oxygens (including phenoxy) is 1. The molecule has 0 radical (unpaired) electrons. The highest BCUT2D eigenvalue weighted by atomic mass is 16.5. The minimum Gasteiger partial charge on any atom is -0.365 e. The second-order valence-corrected chi connectivity index (χ2v) is 2.11. The molecule has 0 aromatic rings. The number of hydrogen-bond acceptors (Lipinski definition) is 3. The molecule has 0 atom stereocenters. The Hall–Kier alpha value is -0.120. The summed E-state index contributed by atoms with van der Waals surface area (Å²) < 4.78 is 5.01. The van der Waals surface area contributed by atoms with Gasteiger partial charge in [-0.3, -0.25) is 5.84 Å². The van der Waals surface area contributed by atoms with Crippen molar-refractivity contribution in [1.29, 1.82) is 0 Å². The quantitative estimate of drug-likeness (QED) is 0.238. The minimum atomic E-state index is 0.443. The van der Waals surface area contributed by atoms with E-state index in [-0.39, 0.29) is 0 Å². The highest BCUT2D eigenvalue weighted by Crippen LogP contribution is 1.89. The molecule has 0 aromatic carbocycles. The highest BCUT2D eigenvalue weighted by molar-refractivity contribution is 4.36. The Labute approximate surface area is 50.2 Å². The molecule has 0 saturated heterocycles. The van der Waals surface area contributed by atoms with Crippen molar-refractivity contribution in [3.8, 4) is 0 Å². The second-order valence-electron chi connectivity index (χ2n) is 2.11. The lowest BCUT2D eigenvalue weighted by atomic mass is 10.2. The minimum absolute atomic E-state index is 0.443. The van der Waals surface area contributed by atoms with Crippen molar-refractivity contribution in [2.75, 3.05) is 13.3 Å². The fourth-order valence-electron chi connectivity index (χ4n) is 0.354. The molecule has 8 heavy (non-hydrogen) atoms. The maximum Gasteiger partial charge on any atom is 0.109 e. The van der Waals surface area contributed by atoms with Crippen LogP contribution in [0.3, 0.4) is 0 Å². The monoisotopic (exact) mass is 118 g/mol. The van der Waals surface area contributed by atoms with E-state index in [1.165, 1.54) is 0 Å². The van der Waals surface area contributed by atoms with Gasteiger partial charge in [0.05, 0.1) is 6.61 Å².